The third-order valence-corrected chi connectivity index (χ3v) is 7.91. The molecular formula is C24H30FN7O2. The van der Waals surface area contributed by atoms with Crippen LogP contribution in [0.25, 0.3) is 0 Å². The fourth-order valence-corrected chi connectivity index (χ4v) is 5.85. The number of carbonyl (C=O) groups excluding carboxylic acids is 2. The summed E-state index contributed by atoms with van der Waals surface area (Å²) in [7, 11) is 0. The monoisotopic (exact) mass is 467 g/mol. The van der Waals surface area contributed by atoms with Crippen molar-refractivity contribution >= 4 is 11.9 Å². The molecule has 0 unspecified atom stereocenters. The molecule has 6 rings (SSSR count). The molecule has 1 aromatic carbocycles. The summed E-state index contributed by atoms with van der Waals surface area (Å²) in [4.78, 5) is 35.4. The highest BCUT2D eigenvalue weighted by Gasteiger charge is 2.55. The zero-order valence-corrected chi connectivity index (χ0v) is 19.1. The van der Waals surface area contributed by atoms with Gasteiger partial charge in [0.25, 0.3) is 0 Å². The lowest BCUT2D eigenvalue weighted by Crippen LogP contribution is -2.67. The summed E-state index contributed by atoms with van der Waals surface area (Å²) in [6, 6.07) is 5.73. The van der Waals surface area contributed by atoms with E-state index in [4.69, 9.17) is 5.73 Å². The highest BCUT2D eigenvalue weighted by Crippen LogP contribution is 2.54. The Morgan fingerprint density at radius 1 is 1.03 bits per heavy atom. The molecule has 1 spiro atoms. The standard InChI is InChI=1S/C24H30FN7O2/c25-18-5-3-16(4-6-18)20(21(26)33)29-7-9-30(10-8-29)23(34)31-13-24(14-31)11-19(12-24)32-15-27-22(28-32)17-1-2-17/h3-6,15,17,19-20H,1-2,7-14H2,(H2,26,33)/t20-/m1/s1. The van der Waals surface area contributed by atoms with Gasteiger partial charge in [0.1, 0.15) is 18.2 Å². The van der Waals surface area contributed by atoms with E-state index in [1.807, 2.05) is 25.7 Å². The molecule has 3 amide bonds. The molecule has 180 valence electrons. The number of aromatic nitrogens is 3. The average Bonchev–Trinajstić information content (AvgIpc) is 3.51. The van der Waals surface area contributed by atoms with E-state index in [9.17, 15) is 14.0 Å². The van der Waals surface area contributed by atoms with Crippen molar-refractivity contribution in [1.29, 1.82) is 0 Å². The smallest absolute Gasteiger partial charge is 0.320 e. The Balaban J connectivity index is 0.992. The molecule has 9 nitrogen and oxygen atoms in total. The van der Waals surface area contributed by atoms with E-state index in [2.05, 4.69) is 10.1 Å². The van der Waals surface area contributed by atoms with Gasteiger partial charge in [0.2, 0.25) is 5.91 Å². The van der Waals surface area contributed by atoms with Crippen LogP contribution < -0.4 is 5.73 Å². The van der Waals surface area contributed by atoms with Crippen LogP contribution in [0.4, 0.5) is 9.18 Å². The SMILES string of the molecule is NC(=O)[C@@H](c1ccc(F)cc1)N1CCN(C(=O)N2CC3(CC(n4cnc(C5CC5)n4)C3)C2)CC1. The summed E-state index contributed by atoms with van der Waals surface area (Å²) in [6.45, 7) is 3.77. The number of halogens is 1. The summed E-state index contributed by atoms with van der Waals surface area (Å²) in [5.74, 6) is 0.744. The van der Waals surface area contributed by atoms with Gasteiger partial charge < -0.3 is 15.5 Å². The highest BCUT2D eigenvalue weighted by atomic mass is 19.1. The Labute approximate surface area is 197 Å². The van der Waals surface area contributed by atoms with Crippen molar-refractivity contribution in [2.45, 2.75) is 43.7 Å². The summed E-state index contributed by atoms with van der Waals surface area (Å²) in [5.41, 5.74) is 6.57. The second-order valence-electron chi connectivity index (χ2n) is 10.4. The number of urea groups is 1. The molecule has 2 saturated heterocycles. The number of hydrogen-bond acceptors (Lipinski definition) is 5. The van der Waals surface area contributed by atoms with Gasteiger partial charge in [-0.05, 0) is 43.4 Å². The number of primary amides is 1. The maximum absolute atomic E-state index is 13.3. The number of hydrogen-bond donors (Lipinski definition) is 1. The third kappa shape index (κ3) is 3.83. The summed E-state index contributed by atoms with van der Waals surface area (Å²) >= 11 is 0. The van der Waals surface area contributed by atoms with Crippen LogP contribution in [-0.4, -0.2) is 80.7 Å². The van der Waals surface area contributed by atoms with Gasteiger partial charge in [0, 0.05) is 50.6 Å². The minimum absolute atomic E-state index is 0.0721. The third-order valence-electron chi connectivity index (χ3n) is 7.91. The quantitative estimate of drug-likeness (QED) is 0.724. The minimum Gasteiger partial charge on any atom is -0.368 e. The van der Waals surface area contributed by atoms with Crippen molar-refractivity contribution in [1.82, 2.24) is 29.5 Å². The number of nitrogens with two attached hydrogens (primary N) is 1. The molecule has 1 aromatic heterocycles. The lowest BCUT2D eigenvalue weighted by atomic mass is 9.61. The van der Waals surface area contributed by atoms with E-state index in [-0.39, 0.29) is 17.3 Å². The molecule has 1 atom stereocenters. The fraction of sp³-hybridized carbons (Fsp3) is 0.583. The number of carbonyl (C=O) groups is 2. The van der Waals surface area contributed by atoms with Gasteiger partial charge >= 0.3 is 6.03 Å². The van der Waals surface area contributed by atoms with E-state index < -0.39 is 11.9 Å². The van der Waals surface area contributed by atoms with Gasteiger partial charge in [0.05, 0.1) is 6.04 Å². The van der Waals surface area contributed by atoms with Crippen molar-refractivity contribution in [3.05, 3.63) is 47.8 Å². The normalized spacial score (nSPS) is 23.4. The molecule has 2 aromatic rings. The van der Waals surface area contributed by atoms with Gasteiger partial charge in [-0.1, -0.05) is 12.1 Å². The molecule has 10 heteroatoms. The number of piperazine rings is 1. The molecule has 4 fully saturated rings. The highest BCUT2D eigenvalue weighted by molar-refractivity contribution is 5.81. The van der Waals surface area contributed by atoms with Crippen LogP contribution in [0.1, 0.15) is 55.1 Å². The Kier molecular flexibility index (Phi) is 5.09. The topological polar surface area (TPSA) is 101 Å². The number of amides is 3. The number of rotatable bonds is 5. The maximum Gasteiger partial charge on any atom is 0.320 e. The van der Waals surface area contributed by atoms with Crippen molar-refractivity contribution in [3.63, 3.8) is 0 Å². The van der Waals surface area contributed by atoms with Crippen molar-refractivity contribution < 1.29 is 14.0 Å². The molecule has 4 aliphatic rings. The average molecular weight is 468 g/mol. The van der Waals surface area contributed by atoms with Crippen molar-refractivity contribution in [3.8, 4) is 0 Å². The second-order valence-corrected chi connectivity index (χ2v) is 10.4. The molecule has 3 heterocycles. The van der Waals surface area contributed by atoms with Gasteiger partial charge in [-0.3, -0.25) is 9.69 Å². The van der Waals surface area contributed by atoms with Gasteiger partial charge in [0.15, 0.2) is 5.82 Å². The number of nitrogens with zero attached hydrogens (tertiary/aromatic N) is 6. The number of benzene rings is 1. The largest absolute Gasteiger partial charge is 0.368 e. The van der Waals surface area contributed by atoms with Crippen LogP contribution in [0.15, 0.2) is 30.6 Å². The van der Waals surface area contributed by atoms with Crippen LogP contribution in [0, 0.1) is 11.2 Å². The van der Waals surface area contributed by atoms with Crippen LogP contribution in [-0.2, 0) is 4.79 Å². The van der Waals surface area contributed by atoms with Crippen molar-refractivity contribution in [2.24, 2.45) is 11.1 Å². The Morgan fingerprint density at radius 2 is 1.71 bits per heavy atom. The molecule has 34 heavy (non-hydrogen) atoms. The summed E-state index contributed by atoms with van der Waals surface area (Å²) < 4.78 is 15.3. The zero-order valence-electron chi connectivity index (χ0n) is 19.1. The van der Waals surface area contributed by atoms with Crippen LogP contribution in [0.5, 0.6) is 0 Å². The molecule has 2 aliphatic heterocycles. The maximum atomic E-state index is 13.3. The second kappa shape index (κ2) is 8.04. The minimum atomic E-state index is -0.616. The first-order valence-corrected chi connectivity index (χ1v) is 12.1. The van der Waals surface area contributed by atoms with Gasteiger partial charge in [-0.25, -0.2) is 18.9 Å². The molecule has 2 N–H and O–H groups in total. The van der Waals surface area contributed by atoms with E-state index in [1.54, 1.807) is 12.1 Å². The molecule has 0 radical (unpaired) electrons. The Morgan fingerprint density at radius 3 is 2.32 bits per heavy atom. The van der Waals surface area contributed by atoms with E-state index in [0.717, 1.165) is 31.8 Å². The van der Waals surface area contributed by atoms with E-state index in [1.165, 1.54) is 25.0 Å². The van der Waals surface area contributed by atoms with Gasteiger partial charge in [-0.2, -0.15) is 5.10 Å². The van der Waals surface area contributed by atoms with Gasteiger partial charge in [-0.15, -0.1) is 0 Å². The van der Waals surface area contributed by atoms with E-state index in [0.29, 0.717) is 43.7 Å². The molecular weight excluding hydrogens is 437 g/mol. The number of likely N-dealkylation sites (tertiary alicyclic amines) is 1. The lowest BCUT2D eigenvalue weighted by molar-refractivity contribution is -0.124. The van der Waals surface area contributed by atoms with Crippen LogP contribution >= 0.6 is 0 Å². The summed E-state index contributed by atoms with van der Waals surface area (Å²) in [6.07, 6.45) is 6.39. The first kappa shape index (κ1) is 21.5. The fourth-order valence-electron chi connectivity index (χ4n) is 5.85. The molecule has 2 aliphatic carbocycles. The zero-order chi connectivity index (χ0) is 23.4. The molecule has 2 saturated carbocycles. The Hall–Kier alpha value is -3.01. The first-order chi connectivity index (χ1) is 16.4. The predicted octanol–water partition coefficient (Wildman–Crippen LogP) is 1.90. The van der Waals surface area contributed by atoms with Crippen LogP contribution in [0.3, 0.4) is 0 Å². The van der Waals surface area contributed by atoms with E-state index >= 15 is 0 Å². The lowest BCUT2D eigenvalue weighted by Gasteiger charge is -2.59. The van der Waals surface area contributed by atoms with Crippen molar-refractivity contribution in [2.75, 3.05) is 39.3 Å². The first-order valence-electron chi connectivity index (χ1n) is 12.1. The molecule has 0 bridgehead atoms. The Bertz CT molecular complexity index is 1080. The predicted molar refractivity (Wildman–Crippen MR) is 121 cm³/mol. The summed E-state index contributed by atoms with van der Waals surface area (Å²) in [5, 5.41) is 4.67. The van der Waals surface area contributed by atoms with Crippen LogP contribution in [0.2, 0.25) is 0 Å².